The molecule has 7 heteroatoms. The summed E-state index contributed by atoms with van der Waals surface area (Å²) in [4.78, 5) is 28.5. The third-order valence-electron chi connectivity index (χ3n) is 3.14. The van der Waals surface area contributed by atoms with Crippen molar-refractivity contribution in [3.63, 3.8) is 0 Å². The lowest BCUT2D eigenvalue weighted by Crippen LogP contribution is -2.22. The molecule has 2 aromatic rings. The molecule has 0 aliphatic carbocycles. The fraction of sp³-hybridized carbons (Fsp3) is 0.312. The van der Waals surface area contributed by atoms with Crippen molar-refractivity contribution in [3.05, 3.63) is 40.4 Å². The number of aromatic nitrogens is 1. The van der Waals surface area contributed by atoms with E-state index in [-0.39, 0.29) is 23.5 Å². The van der Waals surface area contributed by atoms with E-state index in [0.717, 1.165) is 26.2 Å². The molecule has 1 atom stereocenters. The second-order valence-corrected chi connectivity index (χ2v) is 7.92. The van der Waals surface area contributed by atoms with Gasteiger partial charge in [-0.25, -0.2) is 4.98 Å². The van der Waals surface area contributed by atoms with Gasteiger partial charge in [-0.15, -0.1) is 11.3 Å². The quantitative estimate of drug-likeness (QED) is 0.785. The molecule has 1 heterocycles. The molecule has 0 fully saturated rings. The van der Waals surface area contributed by atoms with Crippen LogP contribution in [0.25, 0.3) is 0 Å². The van der Waals surface area contributed by atoms with Gasteiger partial charge in [-0.3, -0.25) is 9.59 Å². The Morgan fingerprint density at radius 2 is 2.13 bits per heavy atom. The minimum Gasteiger partial charge on any atom is -0.369 e. The van der Waals surface area contributed by atoms with Crippen LogP contribution in [0.2, 0.25) is 0 Å². The fourth-order valence-corrected chi connectivity index (χ4v) is 4.33. The number of amides is 2. The van der Waals surface area contributed by atoms with Crippen LogP contribution in [0.4, 0.5) is 5.69 Å². The first-order chi connectivity index (χ1) is 10.8. The molecular weight excluding hydrogens is 330 g/mol. The van der Waals surface area contributed by atoms with Crippen molar-refractivity contribution in [2.75, 3.05) is 5.32 Å². The molecule has 2 amide bonds. The van der Waals surface area contributed by atoms with Gasteiger partial charge in [0.05, 0.1) is 17.4 Å². The lowest BCUT2D eigenvalue weighted by Gasteiger charge is -2.10. The first-order valence-electron chi connectivity index (χ1n) is 7.14. The molecule has 0 aliphatic heterocycles. The number of thioether (sulfide) groups is 1. The smallest absolute Gasteiger partial charge is 0.237 e. The molecule has 0 bridgehead atoms. The average molecular weight is 349 g/mol. The largest absolute Gasteiger partial charge is 0.369 e. The van der Waals surface area contributed by atoms with Gasteiger partial charge >= 0.3 is 0 Å². The van der Waals surface area contributed by atoms with Gasteiger partial charge in [-0.2, -0.15) is 0 Å². The van der Waals surface area contributed by atoms with Crippen molar-refractivity contribution >= 4 is 40.6 Å². The van der Waals surface area contributed by atoms with Crippen molar-refractivity contribution in [1.29, 1.82) is 0 Å². The predicted octanol–water partition coefficient (Wildman–Crippen LogP) is 2.91. The summed E-state index contributed by atoms with van der Waals surface area (Å²) in [6.45, 7) is 5.66. The van der Waals surface area contributed by atoms with Crippen LogP contribution in [0.5, 0.6) is 0 Å². The maximum Gasteiger partial charge on any atom is 0.237 e. The highest BCUT2D eigenvalue weighted by atomic mass is 32.2. The number of thiazole rings is 1. The molecule has 0 saturated carbocycles. The highest BCUT2D eigenvalue weighted by molar-refractivity contribution is 8.02. The zero-order chi connectivity index (χ0) is 17.0. The number of aryl methyl sites for hydroxylation is 2. The molecule has 1 aromatic carbocycles. The molecule has 122 valence electrons. The van der Waals surface area contributed by atoms with E-state index in [1.165, 1.54) is 23.1 Å². The number of nitrogens with one attached hydrogen (secondary N) is 1. The van der Waals surface area contributed by atoms with Gasteiger partial charge in [0.2, 0.25) is 11.8 Å². The molecule has 1 aromatic heterocycles. The van der Waals surface area contributed by atoms with Crippen LogP contribution >= 0.6 is 23.1 Å². The van der Waals surface area contributed by atoms with Gasteiger partial charge < -0.3 is 11.1 Å². The highest BCUT2D eigenvalue weighted by Crippen LogP contribution is 2.31. The lowest BCUT2D eigenvalue weighted by molar-refractivity contribution is -0.117. The summed E-state index contributed by atoms with van der Waals surface area (Å²) in [7, 11) is 0. The molecular formula is C16H19N3O2S2. The van der Waals surface area contributed by atoms with Gasteiger partial charge in [0.1, 0.15) is 0 Å². The Hall–Kier alpha value is -1.86. The molecule has 3 N–H and O–H groups in total. The van der Waals surface area contributed by atoms with E-state index in [2.05, 4.69) is 10.3 Å². The van der Waals surface area contributed by atoms with Crippen molar-refractivity contribution < 1.29 is 9.59 Å². The number of hydrogen-bond acceptors (Lipinski definition) is 5. The third kappa shape index (κ3) is 5.07. The Kier molecular flexibility index (Phi) is 5.79. The molecule has 0 saturated heterocycles. The Bertz CT molecular complexity index is 728. The maximum absolute atomic E-state index is 12.3. The summed E-state index contributed by atoms with van der Waals surface area (Å²) in [5, 5.41) is 2.61. The minimum atomic E-state index is -0.376. The van der Waals surface area contributed by atoms with Gasteiger partial charge in [0.15, 0.2) is 4.34 Å². The number of carbonyl (C=O) groups is 2. The Balaban J connectivity index is 1.99. The zero-order valence-corrected chi connectivity index (χ0v) is 14.9. The van der Waals surface area contributed by atoms with E-state index >= 15 is 0 Å². The van der Waals surface area contributed by atoms with Crippen LogP contribution in [0, 0.1) is 13.8 Å². The number of nitrogens with zero attached hydrogens (tertiary/aromatic N) is 1. The predicted molar refractivity (Wildman–Crippen MR) is 94.9 cm³/mol. The number of primary amides is 1. The molecule has 1 unspecified atom stereocenters. The number of nitrogens with two attached hydrogens (primary N) is 1. The van der Waals surface area contributed by atoms with E-state index in [4.69, 9.17) is 5.73 Å². The minimum absolute atomic E-state index is 0.0788. The van der Waals surface area contributed by atoms with E-state index < -0.39 is 0 Å². The summed E-state index contributed by atoms with van der Waals surface area (Å²) in [6, 6.07) is 7.67. The summed E-state index contributed by atoms with van der Waals surface area (Å²) >= 11 is 2.79. The van der Waals surface area contributed by atoms with Gasteiger partial charge in [0.25, 0.3) is 0 Å². The number of rotatable bonds is 6. The molecule has 0 spiro atoms. The summed E-state index contributed by atoms with van der Waals surface area (Å²) in [6.07, 6.45) is 0.188. The first kappa shape index (κ1) is 17.5. The van der Waals surface area contributed by atoms with E-state index in [9.17, 15) is 9.59 Å². The first-order valence-corrected chi connectivity index (χ1v) is 8.83. The van der Waals surface area contributed by atoms with Crippen LogP contribution in [0.3, 0.4) is 0 Å². The second kappa shape index (κ2) is 7.61. The van der Waals surface area contributed by atoms with Crippen LogP contribution in [0.15, 0.2) is 28.6 Å². The van der Waals surface area contributed by atoms with Crippen molar-refractivity contribution in [2.24, 2.45) is 5.73 Å². The number of benzene rings is 1. The molecule has 23 heavy (non-hydrogen) atoms. The van der Waals surface area contributed by atoms with Crippen molar-refractivity contribution in [3.8, 4) is 0 Å². The topological polar surface area (TPSA) is 85.1 Å². The SMILES string of the molecule is Cc1cccc(NC(=O)C(C)Sc2nc(C)c(CC(N)=O)s2)c1. The van der Waals surface area contributed by atoms with E-state index in [0.29, 0.717) is 0 Å². The van der Waals surface area contributed by atoms with Crippen LogP contribution < -0.4 is 11.1 Å². The summed E-state index contributed by atoms with van der Waals surface area (Å²) in [5.41, 5.74) is 7.89. The fourth-order valence-electron chi connectivity index (χ4n) is 1.95. The van der Waals surface area contributed by atoms with Crippen LogP contribution in [-0.2, 0) is 16.0 Å². The normalized spacial score (nSPS) is 12.0. The van der Waals surface area contributed by atoms with Gasteiger partial charge in [0, 0.05) is 10.6 Å². The Morgan fingerprint density at radius 3 is 2.78 bits per heavy atom. The number of anilines is 1. The lowest BCUT2D eigenvalue weighted by atomic mass is 10.2. The summed E-state index contributed by atoms with van der Waals surface area (Å²) < 4.78 is 0.769. The highest BCUT2D eigenvalue weighted by Gasteiger charge is 2.18. The number of carbonyl (C=O) groups excluding carboxylic acids is 2. The van der Waals surface area contributed by atoms with E-state index in [1.807, 2.05) is 45.0 Å². The van der Waals surface area contributed by atoms with Crippen molar-refractivity contribution in [2.45, 2.75) is 36.8 Å². The number of hydrogen-bond donors (Lipinski definition) is 2. The van der Waals surface area contributed by atoms with Crippen molar-refractivity contribution in [1.82, 2.24) is 4.98 Å². The Labute approximate surface area is 143 Å². The van der Waals surface area contributed by atoms with E-state index in [1.54, 1.807) is 0 Å². The Morgan fingerprint density at radius 1 is 1.39 bits per heavy atom. The third-order valence-corrected chi connectivity index (χ3v) is 5.49. The molecule has 0 radical (unpaired) electrons. The molecule has 0 aliphatic rings. The van der Waals surface area contributed by atoms with Gasteiger partial charge in [-0.05, 0) is 38.5 Å². The second-order valence-electron chi connectivity index (χ2n) is 5.25. The molecule has 5 nitrogen and oxygen atoms in total. The molecule has 2 rings (SSSR count). The van der Waals surface area contributed by atoms with Crippen LogP contribution in [-0.4, -0.2) is 22.0 Å². The average Bonchev–Trinajstić information content (AvgIpc) is 2.77. The maximum atomic E-state index is 12.3. The standard InChI is InChI=1S/C16H19N3O2S2/c1-9-5-4-6-12(7-9)19-15(21)11(3)22-16-18-10(2)13(23-16)8-14(17)20/h4-7,11H,8H2,1-3H3,(H2,17,20)(H,19,21). The zero-order valence-electron chi connectivity index (χ0n) is 13.3. The van der Waals surface area contributed by atoms with Crippen LogP contribution in [0.1, 0.15) is 23.1 Å². The summed E-state index contributed by atoms with van der Waals surface area (Å²) in [5.74, 6) is -0.455. The van der Waals surface area contributed by atoms with Gasteiger partial charge in [-0.1, -0.05) is 23.9 Å². The monoisotopic (exact) mass is 349 g/mol.